The van der Waals surface area contributed by atoms with E-state index in [1.807, 2.05) is 29.3 Å². The first-order valence-electron chi connectivity index (χ1n) is 7.96. The molecule has 1 aliphatic heterocycles. The molecule has 1 fully saturated rings. The Bertz CT molecular complexity index is 620. The van der Waals surface area contributed by atoms with Gasteiger partial charge in [0.2, 0.25) is 0 Å². The molecule has 3 rings (SSSR count). The van der Waals surface area contributed by atoms with Crippen molar-refractivity contribution in [2.75, 3.05) is 19.6 Å². The highest BCUT2D eigenvalue weighted by Crippen LogP contribution is 2.11. The second-order valence-corrected chi connectivity index (χ2v) is 5.93. The monoisotopic (exact) mass is 297 g/mol. The van der Waals surface area contributed by atoms with Gasteiger partial charge in [-0.15, -0.1) is 0 Å². The molecule has 1 aliphatic rings. The zero-order valence-corrected chi connectivity index (χ0v) is 13.0. The Hall–Kier alpha value is -2.07. The Kier molecular flexibility index (Phi) is 4.59. The van der Waals surface area contributed by atoms with Gasteiger partial charge in [-0.3, -0.25) is 4.79 Å². The number of hydrogen-bond donors (Lipinski definition) is 1. The Balaban J connectivity index is 1.67. The number of nitrogens with one attached hydrogen (secondary N) is 1. The van der Waals surface area contributed by atoms with E-state index in [4.69, 9.17) is 0 Å². The van der Waals surface area contributed by atoms with E-state index >= 15 is 0 Å². The number of rotatable bonds is 4. The van der Waals surface area contributed by atoms with Crippen molar-refractivity contribution in [1.82, 2.24) is 14.8 Å². The van der Waals surface area contributed by atoms with Crippen molar-refractivity contribution in [3.8, 4) is 0 Å². The molecule has 1 amide bonds. The van der Waals surface area contributed by atoms with Gasteiger partial charge in [0, 0.05) is 38.4 Å². The summed E-state index contributed by atoms with van der Waals surface area (Å²) in [6.07, 6.45) is 2.94. The van der Waals surface area contributed by atoms with E-state index in [1.54, 1.807) is 0 Å². The molecule has 116 valence electrons. The minimum Gasteiger partial charge on any atom is -0.343 e. The van der Waals surface area contributed by atoms with Crippen molar-refractivity contribution in [3.05, 3.63) is 59.9 Å². The fourth-order valence-corrected chi connectivity index (χ4v) is 2.98. The number of amides is 1. The molecule has 4 heteroatoms. The van der Waals surface area contributed by atoms with Crippen LogP contribution in [0.2, 0.25) is 0 Å². The quantitative estimate of drug-likeness (QED) is 0.939. The van der Waals surface area contributed by atoms with Gasteiger partial charge in [-0.05, 0) is 31.0 Å². The van der Waals surface area contributed by atoms with Crippen LogP contribution in [0, 0.1) is 0 Å². The number of aryl methyl sites for hydroxylation is 2. The van der Waals surface area contributed by atoms with Gasteiger partial charge in [-0.2, -0.15) is 0 Å². The summed E-state index contributed by atoms with van der Waals surface area (Å²) in [5.74, 6) is 0.145. The maximum absolute atomic E-state index is 12.7. The minimum atomic E-state index is 0.145. The highest BCUT2D eigenvalue weighted by atomic mass is 16.2. The molecular weight excluding hydrogens is 274 g/mol. The number of nitrogens with zero attached hydrogens (tertiary/aromatic N) is 2. The summed E-state index contributed by atoms with van der Waals surface area (Å²) in [6, 6.07) is 14.7. The minimum absolute atomic E-state index is 0.145. The molecule has 1 N–H and O–H groups in total. The summed E-state index contributed by atoms with van der Waals surface area (Å²) in [5.41, 5.74) is 2.09. The van der Waals surface area contributed by atoms with Gasteiger partial charge in [0.15, 0.2) is 0 Å². The molecular formula is C18H23N3O. The van der Waals surface area contributed by atoms with Crippen LogP contribution in [0.4, 0.5) is 0 Å². The SMILES string of the molecule is C[C@@H]1CN(C(=O)c2cccn2CCc2ccccc2)CCN1. The Morgan fingerprint density at radius 1 is 1.23 bits per heavy atom. The van der Waals surface area contributed by atoms with Crippen LogP contribution in [0.1, 0.15) is 23.0 Å². The third-order valence-corrected chi connectivity index (χ3v) is 4.19. The van der Waals surface area contributed by atoms with Gasteiger partial charge in [0.1, 0.15) is 5.69 Å². The number of benzene rings is 1. The number of carbonyl (C=O) groups excluding carboxylic acids is 1. The zero-order chi connectivity index (χ0) is 15.4. The number of hydrogen-bond acceptors (Lipinski definition) is 2. The molecule has 2 aromatic rings. The molecule has 0 bridgehead atoms. The zero-order valence-electron chi connectivity index (χ0n) is 13.0. The maximum Gasteiger partial charge on any atom is 0.270 e. The summed E-state index contributed by atoms with van der Waals surface area (Å²) in [5, 5.41) is 3.37. The Morgan fingerprint density at radius 3 is 2.82 bits per heavy atom. The van der Waals surface area contributed by atoms with Crippen molar-refractivity contribution >= 4 is 5.91 Å². The molecule has 0 spiro atoms. The van der Waals surface area contributed by atoms with E-state index < -0.39 is 0 Å². The number of aromatic nitrogens is 1. The van der Waals surface area contributed by atoms with E-state index in [9.17, 15) is 4.79 Å². The molecule has 0 radical (unpaired) electrons. The van der Waals surface area contributed by atoms with Gasteiger partial charge >= 0.3 is 0 Å². The highest BCUT2D eigenvalue weighted by Gasteiger charge is 2.23. The molecule has 4 nitrogen and oxygen atoms in total. The normalized spacial score (nSPS) is 18.4. The van der Waals surface area contributed by atoms with E-state index in [1.165, 1.54) is 5.56 Å². The van der Waals surface area contributed by atoms with Crippen LogP contribution in [-0.2, 0) is 13.0 Å². The van der Waals surface area contributed by atoms with Crippen molar-refractivity contribution < 1.29 is 4.79 Å². The molecule has 2 heterocycles. The van der Waals surface area contributed by atoms with Gasteiger partial charge in [-0.25, -0.2) is 0 Å². The lowest BCUT2D eigenvalue weighted by molar-refractivity contribution is 0.0698. The van der Waals surface area contributed by atoms with Crippen molar-refractivity contribution in [2.45, 2.75) is 25.9 Å². The second kappa shape index (κ2) is 6.79. The van der Waals surface area contributed by atoms with Crippen molar-refractivity contribution in [3.63, 3.8) is 0 Å². The average Bonchev–Trinajstić information content (AvgIpc) is 3.01. The van der Waals surface area contributed by atoms with Crippen LogP contribution < -0.4 is 5.32 Å². The topological polar surface area (TPSA) is 37.3 Å². The van der Waals surface area contributed by atoms with Crippen LogP contribution >= 0.6 is 0 Å². The van der Waals surface area contributed by atoms with Crippen LogP contribution in [-0.4, -0.2) is 41.1 Å². The summed E-state index contributed by atoms with van der Waals surface area (Å²) >= 11 is 0. The van der Waals surface area contributed by atoms with Crippen molar-refractivity contribution in [2.24, 2.45) is 0 Å². The molecule has 1 aromatic heterocycles. The van der Waals surface area contributed by atoms with Gasteiger partial charge in [0.05, 0.1) is 0 Å². The van der Waals surface area contributed by atoms with Crippen molar-refractivity contribution in [1.29, 1.82) is 0 Å². The van der Waals surface area contributed by atoms with Gasteiger partial charge in [-0.1, -0.05) is 30.3 Å². The Labute approximate surface area is 131 Å². The molecule has 1 atom stereocenters. The lowest BCUT2D eigenvalue weighted by Crippen LogP contribution is -2.51. The van der Waals surface area contributed by atoms with E-state index in [-0.39, 0.29) is 5.91 Å². The van der Waals surface area contributed by atoms with Crippen LogP contribution in [0.15, 0.2) is 48.7 Å². The van der Waals surface area contributed by atoms with Crippen LogP contribution in [0.3, 0.4) is 0 Å². The highest BCUT2D eigenvalue weighted by molar-refractivity contribution is 5.92. The molecule has 0 aliphatic carbocycles. The van der Waals surface area contributed by atoms with E-state index in [0.29, 0.717) is 6.04 Å². The lowest BCUT2D eigenvalue weighted by Gasteiger charge is -2.32. The fourth-order valence-electron chi connectivity index (χ4n) is 2.98. The average molecular weight is 297 g/mol. The molecule has 1 aromatic carbocycles. The number of piperazine rings is 1. The molecule has 0 unspecified atom stereocenters. The van der Waals surface area contributed by atoms with E-state index in [2.05, 4.69) is 41.1 Å². The maximum atomic E-state index is 12.7. The largest absolute Gasteiger partial charge is 0.343 e. The standard InChI is InChI=1S/C18H23N3O/c1-15-14-21(13-10-19-15)18(22)17-8-5-11-20(17)12-9-16-6-3-2-4-7-16/h2-8,11,15,19H,9-10,12-14H2,1H3/t15-/m1/s1. The predicted octanol–water partition coefficient (Wildman–Crippen LogP) is 2.16. The van der Waals surface area contributed by atoms with Crippen LogP contribution in [0.25, 0.3) is 0 Å². The van der Waals surface area contributed by atoms with Crippen LogP contribution in [0.5, 0.6) is 0 Å². The molecule has 1 saturated heterocycles. The first kappa shape index (κ1) is 14.9. The van der Waals surface area contributed by atoms with Gasteiger partial charge < -0.3 is 14.8 Å². The smallest absolute Gasteiger partial charge is 0.270 e. The summed E-state index contributed by atoms with van der Waals surface area (Å²) < 4.78 is 2.07. The number of carbonyl (C=O) groups is 1. The first-order valence-corrected chi connectivity index (χ1v) is 7.96. The third kappa shape index (κ3) is 3.39. The summed E-state index contributed by atoms with van der Waals surface area (Å²) in [7, 11) is 0. The van der Waals surface area contributed by atoms with E-state index in [0.717, 1.165) is 38.3 Å². The molecule has 0 saturated carbocycles. The second-order valence-electron chi connectivity index (χ2n) is 5.93. The molecule has 22 heavy (non-hydrogen) atoms. The Morgan fingerprint density at radius 2 is 2.05 bits per heavy atom. The lowest BCUT2D eigenvalue weighted by atomic mass is 10.1. The summed E-state index contributed by atoms with van der Waals surface area (Å²) in [4.78, 5) is 14.7. The predicted molar refractivity (Wildman–Crippen MR) is 87.9 cm³/mol. The first-order chi connectivity index (χ1) is 10.7. The summed E-state index contributed by atoms with van der Waals surface area (Å²) in [6.45, 7) is 5.39. The fraction of sp³-hybridized carbons (Fsp3) is 0.389. The third-order valence-electron chi connectivity index (χ3n) is 4.19. The van der Waals surface area contributed by atoms with Gasteiger partial charge in [0.25, 0.3) is 5.91 Å².